The summed E-state index contributed by atoms with van der Waals surface area (Å²) in [6.07, 6.45) is 1.34. The van der Waals surface area contributed by atoms with Crippen LogP contribution in [0.25, 0.3) is 0 Å². The normalized spacial score (nSPS) is 10.1. The van der Waals surface area contributed by atoms with Crippen LogP contribution < -0.4 is 15.8 Å². The van der Waals surface area contributed by atoms with E-state index < -0.39 is 5.91 Å². The molecule has 1 aromatic heterocycles. The number of halogens is 1. The summed E-state index contributed by atoms with van der Waals surface area (Å²) in [6, 6.07) is 8.94. The van der Waals surface area contributed by atoms with Gasteiger partial charge in [0.25, 0.3) is 5.91 Å². The largest absolute Gasteiger partial charge is 0.492 e. The summed E-state index contributed by atoms with van der Waals surface area (Å²) in [5.74, 6) is 0.101. The number of amides is 1. The molecular weight excluding hydrogens is 278 g/mol. The van der Waals surface area contributed by atoms with Crippen molar-refractivity contribution in [3.05, 3.63) is 47.2 Å². The van der Waals surface area contributed by atoms with Crippen molar-refractivity contribution >= 4 is 28.9 Å². The minimum Gasteiger partial charge on any atom is -0.492 e. The lowest BCUT2D eigenvalue weighted by Gasteiger charge is -2.14. The standard InChI is InChI=1S/C14H14ClN3O2/c1-2-20-12-6-4-3-5-10(12)18-11-7-13(15)17-8-9(11)14(16)19/h3-8H,2H2,1H3,(H2,16,19)(H,17,18). The molecule has 0 spiro atoms. The average Bonchev–Trinajstić information content (AvgIpc) is 2.41. The number of rotatable bonds is 5. The lowest BCUT2D eigenvalue weighted by atomic mass is 10.2. The Kier molecular flexibility index (Phi) is 4.42. The van der Waals surface area contributed by atoms with Crippen LogP contribution in [0.15, 0.2) is 36.5 Å². The smallest absolute Gasteiger partial charge is 0.252 e. The van der Waals surface area contributed by atoms with Crippen LogP contribution in [0.4, 0.5) is 11.4 Å². The predicted molar refractivity (Wildman–Crippen MR) is 78.7 cm³/mol. The van der Waals surface area contributed by atoms with Crippen LogP contribution in [0.3, 0.4) is 0 Å². The second-order valence-corrected chi connectivity index (χ2v) is 4.36. The second kappa shape index (κ2) is 6.25. The number of aromatic nitrogens is 1. The van der Waals surface area contributed by atoms with Gasteiger partial charge >= 0.3 is 0 Å². The van der Waals surface area contributed by atoms with Crippen molar-refractivity contribution in [3.8, 4) is 5.75 Å². The van der Waals surface area contributed by atoms with Gasteiger partial charge in [-0.05, 0) is 25.1 Å². The van der Waals surface area contributed by atoms with Crippen molar-refractivity contribution in [3.63, 3.8) is 0 Å². The zero-order valence-corrected chi connectivity index (χ0v) is 11.6. The van der Waals surface area contributed by atoms with Gasteiger partial charge < -0.3 is 15.8 Å². The number of para-hydroxylation sites is 2. The Bertz CT molecular complexity index is 632. The topological polar surface area (TPSA) is 77.2 Å². The molecule has 2 aromatic rings. The number of nitrogens with one attached hydrogen (secondary N) is 1. The Labute approximate surface area is 121 Å². The van der Waals surface area contributed by atoms with E-state index in [-0.39, 0.29) is 10.7 Å². The summed E-state index contributed by atoms with van der Waals surface area (Å²) >= 11 is 5.85. The third kappa shape index (κ3) is 3.19. The number of pyridine rings is 1. The number of carbonyl (C=O) groups is 1. The Hall–Kier alpha value is -2.27. The Morgan fingerprint density at radius 3 is 2.85 bits per heavy atom. The Balaban J connectivity index is 2.39. The zero-order chi connectivity index (χ0) is 14.5. The van der Waals surface area contributed by atoms with Crippen molar-refractivity contribution in [1.29, 1.82) is 0 Å². The third-order valence-electron chi connectivity index (χ3n) is 2.59. The van der Waals surface area contributed by atoms with Crippen LogP contribution in [-0.4, -0.2) is 17.5 Å². The van der Waals surface area contributed by atoms with E-state index in [1.807, 2.05) is 31.2 Å². The number of anilines is 2. The average molecular weight is 292 g/mol. The highest BCUT2D eigenvalue weighted by molar-refractivity contribution is 6.29. The van der Waals surface area contributed by atoms with Gasteiger partial charge in [0.1, 0.15) is 10.9 Å². The minimum absolute atomic E-state index is 0.265. The number of hydrogen-bond acceptors (Lipinski definition) is 4. The number of nitrogens with zero attached hydrogens (tertiary/aromatic N) is 1. The third-order valence-corrected chi connectivity index (χ3v) is 2.80. The van der Waals surface area contributed by atoms with Crippen molar-refractivity contribution in [2.45, 2.75) is 6.92 Å². The predicted octanol–water partition coefficient (Wildman–Crippen LogP) is 2.98. The summed E-state index contributed by atoms with van der Waals surface area (Å²) in [5.41, 5.74) is 6.80. The highest BCUT2D eigenvalue weighted by Crippen LogP contribution is 2.29. The summed E-state index contributed by atoms with van der Waals surface area (Å²) in [6.45, 7) is 2.44. The van der Waals surface area contributed by atoms with Gasteiger partial charge in [0.15, 0.2) is 0 Å². The second-order valence-electron chi connectivity index (χ2n) is 3.97. The first kappa shape index (κ1) is 14.1. The van der Waals surface area contributed by atoms with E-state index >= 15 is 0 Å². The van der Waals surface area contributed by atoms with Crippen molar-refractivity contribution in [1.82, 2.24) is 4.98 Å². The SMILES string of the molecule is CCOc1ccccc1Nc1cc(Cl)ncc1C(N)=O. The molecule has 0 aliphatic heterocycles. The molecule has 0 aliphatic rings. The molecule has 104 valence electrons. The molecule has 20 heavy (non-hydrogen) atoms. The maximum absolute atomic E-state index is 11.4. The molecule has 6 heteroatoms. The van der Waals surface area contributed by atoms with E-state index in [0.29, 0.717) is 18.0 Å². The quantitative estimate of drug-likeness (QED) is 0.830. The summed E-state index contributed by atoms with van der Waals surface area (Å²) in [5, 5.41) is 3.37. The van der Waals surface area contributed by atoms with E-state index in [1.165, 1.54) is 6.20 Å². The van der Waals surface area contributed by atoms with Gasteiger partial charge in [0.05, 0.1) is 23.5 Å². The molecule has 1 aromatic carbocycles. The molecule has 3 N–H and O–H groups in total. The molecule has 1 amide bonds. The highest BCUT2D eigenvalue weighted by atomic mass is 35.5. The number of carbonyl (C=O) groups excluding carboxylic acids is 1. The summed E-state index contributed by atoms with van der Waals surface area (Å²) < 4.78 is 5.51. The van der Waals surface area contributed by atoms with Gasteiger partial charge in [-0.15, -0.1) is 0 Å². The van der Waals surface area contributed by atoms with E-state index in [9.17, 15) is 4.79 Å². The first-order valence-electron chi connectivity index (χ1n) is 6.06. The monoisotopic (exact) mass is 291 g/mol. The van der Waals surface area contributed by atoms with Crippen molar-refractivity contribution < 1.29 is 9.53 Å². The van der Waals surface area contributed by atoms with Gasteiger partial charge in [0, 0.05) is 6.20 Å². The maximum Gasteiger partial charge on any atom is 0.252 e. The fraction of sp³-hybridized carbons (Fsp3) is 0.143. The number of benzene rings is 1. The number of nitrogens with two attached hydrogens (primary N) is 1. The fourth-order valence-electron chi connectivity index (χ4n) is 1.73. The molecule has 0 saturated carbocycles. The Morgan fingerprint density at radius 2 is 2.15 bits per heavy atom. The highest BCUT2D eigenvalue weighted by Gasteiger charge is 2.11. The molecule has 1 heterocycles. The van der Waals surface area contributed by atoms with Crippen molar-refractivity contribution in [2.24, 2.45) is 5.73 Å². The van der Waals surface area contributed by atoms with Crippen LogP contribution in [0.5, 0.6) is 5.75 Å². The molecule has 0 bridgehead atoms. The fourth-order valence-corrected chi connectivity index (χ4v) is 1.88. The minimum atomic E-state index is -0.578. The van der Waals surface area contributed by atoms with Gasteiger partial charge in [0.2, 0.25) is 0 Å². The molecule has 5 nitrogen and oxygen atoms in total. The summed E-state index contributed by atoms with van der Waals surface area (Å²) in [4.78, 5) is 15.3. The molecular formula is C14H14ClN3O2. The van der Waals surface area contributed by atoms with Crippen LogP contribution in [0, 0.1) is 0 Å². The summed E-state index contributed by atoms with van der Waals surface area (Å²) in [7, 11) is 0. The van der Waals surface area contributed by atoms with E-state index in [0.717, 1.165) is 5.69 Å². The molecule has 0 atom stereocenters. The molecule has 0 unspecified atom stereocenters. The first-order chi connectivity index (χ1) is 9.61. The Morgan fingerprint density at radius 1 is 1.40 bits per heavy atom. The van der Waals surface area contributed by atoms with Gasteiger partial charge in [-0.2, -0.15) is 0 Å². The zero-order valence-electron chi connectivity index (χ0n) is 10.9. The molecule has 2 rings (SSSR count). The van der Waals surface area contributed by atoms with E-state index in [2.05, 4.69) is 10.3 Å². The first-order valence-corrected chi connectivity index (χ1v) is 6.43. The van der Waals surface area contributed by atoms with Gasteiger partial charge in [-0.1, -0.05) is 23.7 Å². The molecule has 0 fully saturated rings. The molecule has 0 aliphatic carbocycles. The van der Waals surface area contributed by atoms with Crippen LogP contribution in [0.2, 0.25) is 5.15 Å². The number of ether oxygens (including phenoxy) is 1. The van der Waals surface area contributed by atoms with E-state index in [4.69, 9.17) is 22.1 Å². The lowest BCUT2D eigenvalue weighted by Crippen LogP contribution is -2.14. The van der Waals surface area contributed by atoms with Gasteiger partial charge in [-0.25, -0.2) is 4.98 Å². The lowest BCUT2D eigenvalue weighted by molar-refractivity contribution is 0.100. The molecule has 0 radical (unpaired) electrons. The van der Waals surface area contributed by atoms with Crippen molar-refractivity contribution in [2.75, 3.05) is 11.9 Å². The van der Waals surface area contributed by atoms with Crippen LogP contribution >= 0.6 is 11.6 Å². The number of hydrogen-bond donors (Lipinski definition) is 2. The van der Waals surface area contributed by atoms with E-state index in [1.54, 1.807) is 6.07 Å². The van der Waals surface area contributed by atoms with Gasteiger partial charge in [-0.3, -0.25) is 4.79 Å². The van der Waals surface area contributed by atoms with Crippen LogP contribution in [-0.2, 0) is 0 Å². The number of primary amides is 1. The van der Waals surface area contributed by atoms with Crippen LogP contribution in [0.1, 0.15) is 17.3 Å². The maximum atomic E-state index is 11.4. The molecule has 0 saturated heterocycles.